The summed E-state index contributed by atoms with van der Waals surface area (Å²) in [6.45, 7) is 8.09. The summed E-state index contributed by atoms with van der Waals surface area (Å²) >= 11 is 5.36. The van der Waals surface area contributed by atoms with Crippen LogP contribution in [0.1, 0.15) is 17.4 Å². The Labute approximate surface area is 98.2 Å². The van der Waals surface area contributed by atoms with Crippen LogP contribution in [0.2, 0.25) is 0 Å². The van der Waals surface area contributed by atoms with E-state index in [2.05, 4.69) is 40.7 Å². The minimum Gasteiger partial charge on any atom is -0.329 e. The number of nitrogens with zero attached hydrogens (tertiary/aromatic N) is 1. The molecule has 0 aromatic carbocycles. The Kier molecular flexibility index (Phi) is 5.09. The van der Waals surface area contributed by atoms with Gasteiger partial charge in [0.15, 0.2) is 0 Å². The molecule has 0 amide bonds. The summed E-state index contributed by atoms with van der Waals surface area (Å²) in [7, 11) is 0. The third-order valence-corrected chi connectivity index (χ3v) is 4.30. The van der Waals surface area contributed by atoms with E-state index in [1.165, 1.54) is 14.2 Å². The van der Waals surface area contributed by atoms with Crippen LogP contribution in [0.3, 0.4) is 0 Å². The largest absolute Gasteiger partial charge is 0.329 e. The maximum Gasteiger partial charge on any atom is 0.0730 e. The van der Waals surface area contributed by atoms with E-state index in [0.717, 1.165) is 26.2 Å². The van der Waals surface area contributed by atoms with Gasteiger partial charge in [0, 0.05) is 24.5 Å². The van der Waals surface area contributed by atoms with Gasteiger partial charge in [-0.2, -0.15) is 0 Å². The monoisotopic (exact) mass is 276 g/mol. The van der Waals surface area contributed by atoms with Gasteiger partial charge in [-0.05, 0) is 41.0 Å². The third kappa shape index (κ3) is 3.35. The zero-order valence-corrected chi connectivity index (χ0v) is 11.1. The van der Waals surface area contributed by atoms with Crippen molar-refractivity contribution < 1.29 is 0 Å². The quantitative estimate of drug-likeness (QED) is 0.896. The van der Waals surface area contributed by atoms with E-state index in [0.29, 0.717) is 0 Å². The van der Waals surface area contributed by atoms with Gasteiger partial charge in [0.05, 0.1) is 3.79 Å². The zero-order valence-electron chi connectivity index (χ0n) is 8.72. The molecule has 0 bridgehead atoms. The van der Waals surface area contributed by atoms with Crippen molar-refractivity contribution in [2.45, 2.75) is 20.4 Å². The number of nitrogens with two attached hydrogens (primary N) is 1. The number of hydrogen-bond acceptors (Lipinski definition) is 3. The Hall–Kier alpha value is 0.1000. The maximum atomic E-state index is 5.55. The van der Waals surface area contributed by atoms with Gasteiger partial charge in [0.1, 0.15) is 0 Å². The van der Waals surface area contributed by atoms with Gasteiger partial charge >= 0.3 is 0 Å². The first kappa shape index (κ1) is 12.2. The Balaban J connectivity index is 2.57. The molecule has 0 atom stereocenters. The fourth-order valence-corrected chi connectivity index (χ4v) is 3.02. The summed E-state index contributed by atoms with van der Waals surface area (Å²) in [5.74, 6) is 0. The topological polar surface area (TPSA) is 29.3 Å². The molecule has 4 heteroatoms. The number of aryl methyl sites for hydroxylation is 1. The van der Waals surface area contributed by atoms with Crippen molar-refractivity contribution in [1.29, 1.82) is 0 Å². The number of hydrogen-bond donors (Lipinski definition) is 1. The molecular formula is C10H17BrN2S. The first-order valence-corrected chi connectivity index (χ1v) is 6.45. The van der Waals surface area contributed by atoms with Gasteiger partial charge < -0.3 is 5.73 Å². The molecule has 0 radical (unpaired) electrons. The Bertz CT molecular complexity index is 266. The summed E-state index contributed by atoms with van der Waals surface area (Å²) < 4.78 is 1.25. The average molecular weight is 277 g/mol. The van der Waals surface area contributed by atoms with Gasteiger partial charge in [-0.15, -0.1) is 11.3 Å². The van der Waals surface area contributed by atoms with Crippen LogP contribution in [0.25, 0.3) is 0 Å². The number of rotatable bonds is 5. The average Bonchev–Trinajstić information content (AvgIpc) is 2.45. The minimum absolute atomic E-state index is 0.735. The molecule has 1 aromatic heterocycles. The Morgan fingerprint density at radius 2 is 2.29 bits per heavy atom. The van der Waals surface area contributed by atoms with Crippen LogP contribution >= 0.6 is 27.3 Å². The maximum absolute atomic E-state index is 5.55. The highest BCUT2D eigenvalue weighted by Crippen LogP contribution is 2.28. The lowest BCUT2D eigenvalue weighted by atomic mass is 10.3. The molecule has 0 fully saturated rings. The van der Waals surface area contributed by atoms with Crippen molar-refractivity contribution in [3.63, 3.8) is 0 Å². The Morgan fingerprint density at radius 3 is 2.71 bits per heavy atom. The van der Waals surface area contributed by atoms with Crippen LogP contribution in [-0.4, -0.2) is 24.5 Å². The Morgan fingerprint density at radius 1 is 1.57 bits per heavy atom. The molecule has 0 spiro atoms. The predicted octanol–water partition coefficient (Wildman–Crippen LogP) is 2.60. The fraction of sp³-hybridized carbons (Fsp3) is 0.600. The van der Waals surface area contributed by atoms with Gasteiger partial charge in [0.2, 0.25) is 0 Å². The van der Waals surface area contributed by atoms with Crippen LogP contribution in [-0.2, 0) is 6.54 Å². The predicted molar refractivity (Wildman–Crippen MR) is 66.8 cm³/mol. The summed E-state index contributed by atoms with van der Waals surface area (Å²) in [5, 5.41) is 0. The van der Waals surface area contributed by atoms with E-state index < -0.39 is 0 Å². The standard InChI is InChI=1S/C10H17BrN2S/c1-3-13(5-4-12)7-9-6-8(2)10(11)14-9/h6H,3-5,7,12H2,1-2H3. The van der Waals surface area contributed by atoms with Crippen LogP contribution in [0, 0.1) is 6.92 Å². The summed E-state index contributed by atoms with van der Waals surface area (Å²) in [6, 6.07) is 2.24. The lowest BCUT2D eigenvalue weighted by molar-refractivity contribution is 0.290. The number of thiophene rings is 1. The van der Waals surface area contributed by atoms with Crippen molar-refractivity contribution in [1.82, 2.24) is 4.90 Å². The van der Waals surface area contributed by atoms with Crippen LogP contribution in [0.5, 0.6) is 0 Å². The highest BCUT2D eigenvalue weighted by molar-refractivity contribution is 9.11. The van der Waals surface area contributed by atoms with Crippen LogP contribution in [0.4, 0.5) is 0 Å². The van der Waals surface area contributed by atoms with E-state index in [1.54, 1.807) is 0 Å². The second-order valence-corrected chi connectivity index (χ2v) is 5.78. The zero-order chi connectivity index (χ0) is 10.6. The summed E-state index contributed by atoms with van der Waals surface area (Å²) in [6.07, 6.45) is 0. The molecule has 2 N–H and O–H groups in total. The van der Waals surface area contributed by atoms with Crippen molar-refractivity contribution >= 4 is 27.3 Å². The van der Waals surface area contributed by atoms with E-state index in [1.807, 2.05) is 11.3 Å². The molecule has 0 aliphatic carbocycles. The van der Waals surface area contributed by atoms with Gasteiger partial charge in [-0.1, -0.05) is 6.92 Å². The molecule has 0 aliphatic rings. The van der Waals surface area contributed by atoms with Crippen molar-refractivity contribution in [3.05, 3.63) is 20.3 Å². The molecule has 0 unspecified atom stereocenters. The first-order valence-electron chi connectivity index (χ1n) is 4.84. The van der Waals surface area contributed by atoms with E-state index >= 15 is 0 Å². The van der Waals surface area contributed by atoms with Gasteiger partial charge in [-0.3, -0.25) is 4.90 Å². The van der Waals surface area contributed by atoms with Crippen LogP contribution in [0.15, 0.2) is 9.85 Å². The molecule has 1 heterocycles. The molecular weight excluding hydrogens is 260 g/mol. The van der Waals surface area contributed by atoms with Gasteiger partial charge in [0.25, 0.3) is 0 Å². The van der Waals surface area contributed by atoms with E-state index in [-0.39, 0.29) is 0 Å². The minimum atomic E-state index is 0.735. The van der Waals surface area contributed by atoms with Crippen molar-refractivity contribution in [2.24, 2.45) is 5.73 Å². The summed E-state index contributed by atoms with van der Waals surface area (Å²) in [4.78, 5) is 3.77. The second kappa shape index (κ2) is 5.85. The lowest BCUT2D eigenvalue weighted by Gasteiger charge is -2.17. The molecule has 0 saturated carbocycles. The van der Waals surface area contributed by atoms with Crippen molar-refractivity contribution in [2.75, 3.05) is 19.6 Å². The molecule has 1 aromatic rings. The molecule has 2 nitrogen and oxygen atoms in total. The number of halogens is 1. The second-order valence-electron chi connectivity index (χ2n) is 3.33. The smallest absolute Gasteiger partial charge is 0.0730 e. The van der Waals surface area contributed by atoms with Gasteiger partial charge in [-0.25, -0.2) is 0 Å². The summed E-state index contributed by atoms with van der Waals surface area (Å²) in [5.41, 5.74) is 6.87. The molecule has 80 valence electrons. The highest BCUT2D eigenvalue weighted by Gasteiger charge is 2.06. The molecule has 0 aliphatic heterocycles. The SMILES string of the molecule is CCN(CCN)Cc1cc(C)c(Br)s1. The molecule has 14 heavy (non-hydrogen) atoms. The lowest BCUT2D eigenvalue weighted by Crippen LogP contribution is -2.28. The van der Waals surface area contributed by atoms with Crippen LogP contribution < -0.4 is 5.73 Å². The van der Waals surface area contributed by atoms with Crippen molar-refractivity contribution in [3.8, 4) is 0 Å². The highest BCUT2D eigenvalue weighted by atomic mass is 79.9. The fourth-order valence-electron chi connectivity index (χ4n) is 1.35. The first-order chi connectivity index (χ1) is 6.67. The van der Waals surface area contributed by atoms with E-state index in [9.17, 15) is 0 Å². The van der Waals surface area contributed by atoms with E-state index in [4.69, 9.17) is 5.73 Å². The normalized spacial score (nSPS) is 11.2. The molecule has 1 rings (SSSR count). The third-order valence-electron chi connectivity index (χ3n) is 2.18. The number of likely N-dealkylation sites (N-methyl/N-ethyl adjacent to an activating group) is 1. The molecule has 0 saturated heterocycles.